The molecule has 1 aliphatic rings. The smallest absolute Gasteiger partial charge is 0.270 e. The highest BCUT2D eigenvalue weighted by atomic mass is 79.9. The van der Waals surface area contributed by atoms with E-state index in [-0.39, 0.29) is 5.91 Å². The number of hydrogen-bond acceptors (Lipinski definition) is 2. The van der Waals surface area contributed by atoms with Crippen LogP contribution < -0.4 is 5.73 Å². The average Bonchev–Trinajstić information content (AvgIpc) is 2.76. The molecule has 1 fully saturated rings. The van der Waals surface area contributed by atoms with E-state index in [1.165, 1.54) is 6.42 Å². The Morgan fingerprint density at radius 2 is 2.47 bits per heavy atom. The van der Waals surface area contributed by atoms with E-state index in [0.717, 1.165) is 30.4 Å². The molecule has 2 heterocycles. The van der Waals surface area contributed by atoms with Crippen LogP contribution in [0.5, 0.6) is 0 Å². The van der Waals surface area contributed by atoms with Crippen molar-refractivity contribution in [3.63, 3.8) is 0 Å². The van der Waals surface area contributed by atoms with Crippen LogP contribution in [0.25, 0.3) is 0 Å². The topological polar surface area (TPSA) is 62.1 Å². The first-order valence-electron chi connectivity index (χ1n) is 6.04. The normalized spacial score (nSPS) is 20.6. The molecular weight excluding hydrogens is 282 g/mol. The lowest BCUT2D eigenvalue weighted by Crippen LogP contribution is -2.40. The van der Waals surface area contributed by atoms with Crippen molar-refractivity contribution in [1.82, 2.24) is 9.88 Å². The molecule has 3 N–H and O–H groups in total. The number of piperidine rings is 1. The van der Waals surface area contributed by atoms with Gasteiger partial charge < -0.3 is 15.6 Å². The van der Waals surface area contributed by atoms with Crippen LogP contribution in [0.4, 0.5) is 0 Å². The Hall–Kier alpha value is -0.810. The Labute approximate surface area is 110 Å². The van der Waals surface area contributed by atoms with Gasteiger partial charge in [-0.3, -0.25) is 4.79 Å². The monoisotopic (exact) mass is 299 g/mol. The van der Waals surface area contributed by atoms with Gasteiger partial charge in [-0.15, -0.1) is 0 Å². The van der Waals surface area contributed by atoms with E-state index in [1.807, 2.05) is 11.0 Å². The molecule has 2 rings (SSSR count). The fourth-order valence-electron chi connectivity index (χ4n) is 2.38. The molecule has 1 aromatic heterocycles. The molecule has 1 atom stereocenters. The Morgan fingerprint density at radius 3 is 3.12 bits per heavy atom. The van der Waals surface area contributed by atoms with E-state index >= 15 is 0 Å². The fourth-order valence-corrected chi connectivity index (χ4v) is 2.73. The number of hydrogen-bond donors (Lipinski definition) is 2. The first-order chi connectivity index (χ1) is 8.20. The maximum absolute atomic E-state index is 12.2. The van der Waals surface area contributed by atoms with Crippen LogP contribution in [0.1, 0.15) is 29.8 Å². The Kier molecular flexibility index (Phi) is 4.23. The molecule has 1 saturated heterocycles. The van der Waals surface area contributed by atoms with Gasteiger partial charge >= 0.3 is 0 Å². The van der Waals surface area contributed by atoms with Gasteiger partial charge in [0.1, 0.15) is 5.69 Å². The summed E-state index contributed by atoms with van der Waals surface area (Å²) in [6.07, 6.45) is 5.07. The first kappa shape index (κ1) is 12.6. The van der Waals surface area contributed by atoms with Gasteiger partial charge in [0.15, 0.2) is 0 Å². The summed E-state index contributed by atoms with van der Waals surface area (Å²) < 4.78 is 0.913. The second-order valence-corrected chi connectivity index (χ2v) is 5.48. The molecule has 5 heteroatoms. The van der Waals surface area contributed by atoms with E-state index in [2.05, 4.69) is 20.9 Å². The van der Waals surface area contributed by atoms with Crippen molar-refractivity contribution < 1.29 is 4.79 Å². The number of rotatable bonds is 3. The van der Waals surface area contributed by atoms with Gasteiger partial charge in [-0.1, -0.05) is 0 Å². The molecule has 94 valence electrons. The molecule has 0 aliphatic carbocycles. The highest BCUT2D eigenvalue weighted by Gasteiger charge is 2.24. The van der Waals surface area contributed by atoms with Gasteiger partial charge in [-0.25, -0.2) is 0 Å². The third-order valence-electron chi connectivity index (χ3n) is 3.26. The molecule has 0 bridgehead atoms. The number of amides is 1. The van der Waals surface area contributed by atoms with Crippen molar-refractivity contribution >= 4 is 21.8 Å². The molecule has 1 unspecified atom stereocenters. The maximum atomic E-state index is 12.2. The van der Waals surface area contributed by atoms with E-state index in [9.17, 15) is 4.79 Å². The molecule has 0 aromatic carbocycles. The summed E-state index contributed by atoms with van der Waals surface area (Å²) in [5.41, 5.74) is 6.24. The zero-order valence-corrected chi connectivity index (χ0v) is 11.4. The van der Waals surface area contributed by atoms with Crippen molar-refractivity contribution in [2.75, 3.05) is 19.6 Å². The number of halogens is 1. The number of carbonyl (C=O) groups is 1. The van der Waals surface area contributed by atoms with E-state index in [4.69, 9.17) is 5.73 Å². The highest BCUT2D eigenvalue weighted by Crippen LogP contribution is 2.21. The maximum Gasteiger partial charge on any atom is 0.270 e. The zero-order chi connectivity index (χ0) is 12.3. The van der Waals surface area contributed by atoms with Crippen molar-refractivity contribution in [2.45, 2.75) is 19.3 Å². The molecular formula is C12H18BrN3O. The standard InChI is InChI=1S/C12H18BrN3O/c13-10-6-11(15-7-10)12(17)16-5-1-2-9(8-16)3-4-14/h6-7,9,15H,1-5,8,14H2. The molecule has 1 aromatic rings. The molecule has 0 radical (unpaired) electrons. The van der Waals surface area contributed by atoms with Crippen molar-refractivity contribution in [3.8, 4) is 0 Å². The number of nitrogens with one attached hydrogen (secondary N) is 1. The molecule has 0 saturated carbocycles. The van der Waals surface area contributed by atoms with Gasteiger partial charge in [0.05, 0.1) is 0 Å². The predicted octanol–water partition coefficient (Wildman–Crippen LogP) is 1.98. The minimum Gasteiger partial charge on any atom is -0.356 e. The SMILES string of the molecule is NCCC1CCCN(C(=O)c2cc(Br)c[nH]2)C1. The summed E-state index contributed by atoms with van der Waals surface area (Å²) in [6, 6.07) is 1.83. The zero-order valence-electron chi connectivity index (χ0n) is 9.79. The third kappa shape index (κ3) is 3.10. The number of likely N-dealkylation sites (tertiary alicyclic amines) is 1. The summed E-state index contributed by atoms with van der Waals surface area (Å²) >= 11 is 3.34. The minimum absolute atomic E-state index is 0.0948. The average molecular weight is 300 g/mol. The Balaban J connectivity index is 1.99. The van der Waals surface area contributed by atoms with Gasteiger partial charge in [0.25, 0.3) is 5.91 Å². The van der Waals surface area contributed by atoms with Gasteiger partial charge in [-0.2, -0.15) is 0 Å². The number of aromatic amines is 1. The summed E-state index contributed by atoms with van der Waals surface area (Å²) in [5.74, 6) is 0.661. The van der Waals surface area contributed by atoms with Crippen molar-refractivity contribution in [1.29, 1.82) is 0 Å². The van der Waals surface area contributed by atoms with Crippen LogP contribution in [0.3, 0.4) is 0 Å². The summed E-state index contributed by atoms with van der Waals surface area (Å²) in [5, 5.41) is 0. The second-order valence-electron chi connectivity index (χ2n) is 4.57. The Bertz CT molecular complexity index is 389. The number of aromatic nitrogens is 1. The van der Waals surface area contributed by atoms with Crippen LogP contribution >= 0.6 is 15.9 Å². The summed E-state index contributed by atoms with van der Waals surface area (Å²) in [7, 11) is 0. The molecule has 4 nitrogen and oxygen atoms in total. The fraction of sp³-hybridized carbons (Fsp3) is 0.583. The third-order valence-corrected chi connectivity index (χ3v) is 3.72. The predicted molar refractivity (Wildman–Crippen MR) is 70.8 cm³/mol. The van der Waals surface area contributed by atoms with Crippen LogP contribution in [-0.2, 0) is 0 Å². The Morgan fingerprint density at radius 1 is 1.65 bits per heavy atom. The lowest BCUT2D eigenvalue weighted by atomic mass is 9.95. The summed E-state index contributed by atoms with van der Waals surface area (Å²) in [6.45, 7) is 2.41. The highest BCUT2D eigenvalue weighted by molar-refractivity contribution is 9.10. The molecule has 1 aliphatic heterocycles. The van der Waals surface area contributed by atoms with Gasteiger partial charge in [0, 0.05) is 23.8 Å². The molecule has 17 heavy (non-hydrogen) atoms. The van der Waals surface area contributed by atoms with Crippen LogP contribution in [0.15, 0.2) is 16.7 Å². The van der Waals surface area contributed by atoms with Crippen molar-refractivity contribution in [2.24, 2.45) is 11.7 Å². The number of carbonyl (C=O) groups excluding carboxylic acids is 1. The lowest BCUT2D eigenvalue weighted by Gasteiger charge is -2.32. The second kappa shape index (κ2) is 5.69. The van der Waals surface area contributed by atoms with E-state index in [0.29, 0.717) is 18.2 Å². The number of nitrogens with two attached hydrogens (primary N) is 1. The summed E-state index contributed by atoms with van der Waals surface area (Å²) in [4.78, 5) is 17.1. The largest absolute Gasteiger partial charge is 0.356 e. The molecule has 1 amide bonds. The minimum atomic E-state index is 0.0948. The van der Waals surface area contributed by atoms with Crippen LogP contribution in [0, 0.1) is 5.92 Å². The van der Waals surface area contributed by atoms with Gasteiger partial charge in [0.2, 0.25) is 0 Å². The first-order valence-corrected chi connectivity index (χ1v) is 6.83. The number of H-pyrrole nitrogens is 1. The quantitative estimate of drug-likeness (QED) is 0.896. The lowest BCUT2D eigenvalue weighted by molar-refractivity contribution is 0.0664. The van der Waals surface area contributed by atoms with E-state index < -0.39 is 0 Å². The van der Waals surface area contributed by atoms with Crippen LogP contribution in [0.2, 0.25) is 0 Å². The van der Waals surface area contributed by atoms with Crippen molar-refractivity contribution in [3.05, 3.63) is 22.4 Å². The molecule has 0 spiro atoms. The van der Waals surface area contributed by atoms with Crippen LogP contribution in [-0.4, -0.2) is 35.4 Å². The van der Waals surface area contributed by atoms with Gasteiger partial charge in [-0.05, 0) is 53.7 Å². The number of nitrogens with zero attached hydrogens (tertiary/aromatic N) is 1. The van der Waals surface area contributed by atoms with E-state index in [1.54, 1.807) is 6.20 Å².